The molecule has 0 aliphatic rings. The molecule has 3 aromatic heterocycles. The minimum atomic E-state index is -0.358. The third-order valence-corrected chi connectivity index (χ3v) is 4.57. The highest BCUT2D eigenvalue weighted by atomic mass is 32.1. The molecule has 0 atom stereocenters. The fourth-order valence-electron chi connectivity index (χ4n) is 2.46. The number of aromatic nitrogens is 2. The summed E-state index contributed by atoms with van der Waals surface area (Å²) in [6.07, 6.45) is 1.54. The number of pyridine rings is 2. The number of hydrogen-bond donors (Lipinski definition) is 2. The second kappa shape index (κ2) is 4.43. The molecule has 3 heterocycles. The number of thiophene rings is 1. The molecular weight excluding hydrogens is 284 g/mol. The SMILES string of the molecule is O=c1[nH]ccc2[nH]c3sc(-c4ccccc4)cc3c(=O)c12. The minimum Gasteiger partial charge on any atom is -0.346 e. The fourth-order valence-corrected chi connectivity index (χ4v) is 3.54. The van der Waals surface area contributed by atoms with Crippen LogP contribution in [-0.2, 0) is 0 Å². The molecule has 0 amide bonds. The van der Waals surface area contributed by atoms with Crippen LogP contribution in [0, 0.1) is 0 Å². The van der Waals surface area contributed by atoms with E-state index >= 15 is 0 Å². The van der Waals surface area contributed by atoms with Gasteiger partial charge >= 0.3 is 0 Å². The minimum absolute atomic E-state index is 0.183. The van der Waals surface area contributed by atoms with E-state index in [1.165, 1.54) is 17.5 Å². The van der Waals surface area contributed by atoms with Crippen LogP contribution in [0.25, 0.3) is 31.6 Å². The molecule has 5 heteroatoms. The summed E-state index contributed by atoms with van der Waals surface area (Å²) in [5.41, 5.74) is 1.05. The summed E-state index contributed by atoms with van der Waals surface area (Å²) in [5.74, 6) is 0. The molecule has 4 rings (SSSR count). The molecule has 1 aromatic carbocycles. The number of fused-ring (bicyclic) bond motifs is 2. The Bertz CT molecular complexity index is 1070. The topological polar surface area (TPSA) is 65.7 Å². The van der Waals surface area contributed by atoms with Gasteiger partial charge in [-0.1, -0.05) is 30.3 Å². The zero-order chi connectivity index (χ0) is 14.4. The van der Waals surface area contributed by atoms with Crippen molar-refractivity contribution in [3.63, 3.8) is 0 Å². The van der Waals surface area contributed by atoms with Crippen LogP contribution in [-0.4, -0.2) is 9.97 Å². The predicted molar refractivity (Wildman–Crippen MR) is 86.0 cm³/mol. The lowest BCUT2D eigenvalue weighted by atomic mass is 10.1. The Morgan fingerprint density at radius 3 is 2.62 bits per heavy atom. The van der Waals surface area contributed by atoms with Crippen molar-refractivity contribution in [3.8, 4) is 10.4 Å². The monoisotopic (exact) mass is 294 g/mol. The normalized spacial score (nSPS) is 11.2. The molecule has 4 nitrogen and oxygen atoms in total. The van der Waals surface area contributed by atoms with Crippen LogP contribution in [0.15, 0.2) is 58.3 Å². The van der Waals surface area contributed by atoms with Crippen LogP contribution in [0.1, 0.15) is 0 Å². The molecule has 2 N–H and O–H groups in total. The molecule has 21 heavy (non-hydrogen) atoms. The van der Waals surface area contributed by atoms with E-state index in [-0.39, 0.29) is 16.4 Å². The molecule has 0 aliphatic carbocycles. The van der Waals surface area contributed by atoms with Crippen molar-refractivity contribution in [3.05, 3.63) is 69.2 Å². The van der Waals surface area contributed by atoms with Crippen molar-refractivity contribution >= 4 is 32.5 Å². The van der Waals surface area contributed by atoms with E-state index in [0.29, 0.717) is 10.9 Å². The van der Waals surface area contributed by atoms with Crippen molar-refractivity contribution in [2.75, 3.05) is 0 Å². The van der Waals surface area contributed by atoms with Gasteiger partial charge in [0.1, 0.15) is 10.2 Å². The molecule has 0 saturated heterocycles. The molecule has 0 fully saturated rings. The van der Waals surface area contributed by atoms with E-state index in [0.717, 1.165) is 15.3 Å². The lowest BCUT2D eigenvalue weighted by Gasteiger charge is -1.96. The predicted octanol–water partition coefficient (Wildman–Crippen LogP) is 3.10. The van der Waals surface area contributed by atoms with Gasteiger partial charge in [0.2, 0.25) is 5.43 Å². The molecule has 102 valence electrons. The van der Waals surface area contributed by atoms with Gasteiger partial charge in [-0.3, -0.25) is 9.59 Å². The molecule has 0 saturated carbocycles. The zero-order valence-electron chi connectivity index (χ0n) is 10.8. The molecule has 0 bridgehead atoms. The Hall–Kier alpha value is -2.66. The van der Waals surface area contributed by atoms with Crippen molar-refractivity contribution in [1.29, 1.82) is 0 Å². The lowest BCUT2D eigenvalue weighted by Crippen LogP contribution is -2.15. The van der Waals surface area contributed by atoms with Crippen LogP contribution in [0.4, 0.5) is 0 Å². The molecular formula is C16H10N2O2S. The van der Waals surface area contributed by atoms with Crippen molar-refractivity contribution in [2.24, 2.45) is 0 Å². The number of H-pyrrole nitrogens is 2. The Labute approximate surface area is 122 Å². The van der Waals surface area contributed by atoms with E-state index in [2.05, 4.69) is 9.97 Å². The first kappa shape index (κ1) is 12.1. The first-order valence-corrected chi connectivity index (χ1v) is 7.28. The summed E-state index contributed by atoms with van der Waals surface area (Å²) in [5, 5.41) is 0.741. The van der Waals surface area contributed by atoms with Gasteiger partial charge in [0, 0.05) is 11.1 Å². The first-order chi connectivity index (χ1) is 10.2. The van der Waals surface area contributed by atoms with Gasteiger partial charge in [-0.25, -0.2) is 0 Å². The highest BCUT2D eigenvalue weighted by Crippen LogP contribution is 2.31. The van der Waals surface area contributed by atoms with Gasteiger partial charge in [-0.15, -0.1) is 11.3 Å². The van der Waals surface area contributed by atoms with Crippen molar-refractivity contribution < 1.29 is 0 Å². The number of hydrogen-bond acceptors (Lipinski definition) is 3. The third kappa shape index (κ3) is 1.82. The summed E-state index contributed by atoms with van der Waals surface area (Å²) in [7, 11) is 0. The Morgan fingerprint density at radius 1 is 1.00 bits per heavy atom. The van der Waals surface area contributed by atoms with Crippen molar-refractivity contribution in [2.45, 2.75) is 0 Å². The van der Waals surface area contributed by atoms with Crippen LogP contribution in [0.3, 0.4) is 0 Å². The fraction of sp³-hybridized carbons (Fsp3) is 0. The van der Waals surface area contributed by atoms with Crippen LogP contribution in [0.2, 0.25) is 0 Å². The van der Waals surface area contributed by atoms with Gasteiger partial charge in [-0.2, -0.15) is 0 Å². The number of aromatic amines is 2. The molecule has 0 radical (unpaired) electrons. The van der Waals surface area contributed by atoms with Crippen LogP contribution >= 0.6 is 11.3 Å². The summed E-state index contributed by atoms with van der Waals surface area (Å²) < 4.78 is 0. The molecule has 0 spiro atoms. The Morgan fingerprint density at radius 2 is 1.81 bits per heavy atom. The molecule has 4 aromatic rings. The molecule has 0 aliphatic heterocycles. The van der Waals surface area contributed by atoms with Gasteiger partial charge < -0.3 is 9.97 Å². The van der Waals surface area contributed by atoms with Crippen LogP contribution < -0.4 is 11.0 Å². The maximum Gasteiger partial charge on any atom is 0.261 e. The van der Waals surface area contributed by atoms with E-state index in [9.17, 15) is 9.59 Å². The first-order valence-electron chi connectivity index (χ1n) is 6.47. The second-order valence-electron chi connectivity index (χ2n) is 4.77. The average molecular weight is 294 g/mol. The zero-order valence-corrected chi connectivity index (χ0v) is 11.7. The van der Waals surface area contributed by atoms with E-state index < -0.39 is 0 Å². The van der Waals surface area contributed by atoms with Crippen LogP contribution in [0.5, 0.6) is 0 Å². The van der Waals surface area contributed by atoms with Gasteiger partial charge in [0.25, 0.3) is 5.56 Å². The highest BCUT2D eigenvalue weighted by molar-refractivity contribution is 7.21. The highest BCUT2D eigenvalue weighted by Gasteiger charge is 2.12. The Kier molecular flexibility index (Phi) is 2.55. The van der Waals surface area contributed by atoms with Crippen molar-refractivity contribution in [1.82, 2.24) is 9.97 Å². The third-order valence-electron chi connectivity index (χ3n) is 3.47. The quantitative estimate of drug-likeness (QED) is 0.566. The summed E-state index contributed by atoms with van der Waals surface area (Å²) >= 11 is 1.52. The maximum absolute atomic E-state index is 12.5. The largest absolute Gasteiger partial charge is 0.346 e. The van der Waals surface area contributed by atoms with Gasteiger partial charge in [0.15, 0.2) is 0 Å². The average Bonchev–Trinajstić information content (AvgIpc) is 2.93. The standard InChI is InChI=1S/C16H10N2O2S/c19-14-10-8-12(9-4-2-1-3-5-9)21-16(10)18-11-6-7-17-15(20)13(11)14/h1-8H,(H,17,20)(H,18,19). The molecule has 0 unspecified atom stereocenters. The summed E-state index contributed by atoms with van der Waals surface area (Å²) in [4.78, 5) is 31.9. The lowest BCUT2D eigenvalue weighted by molar-refractivity contribution is 1.26. The van der Waals surface area contributed by atoms with Gasteiger partial charge in [0.05, 0.1) is 10.9 Å². The number of benzene rings is 1. The number of nitrogens with one attached hydrogen (secondary N) is 2. The maximum atomic E-state index is 12.5. The van der Waals surface area contributed by atoms with E-state index in [4.69, 9.17) is 0 Å². The smallest absolute Gasteiger partial charge is 0.261 e. The van der Waals surface area contributed by atoms with E-state index in [1.54, 1.807) is 6.07 Å². The Balaban J connectivity index is 2.11. The summed E-state index contributed by atoms with van der Waals surface area (Å²) in [6.45, 7) is 0. The summed E-state index contributed by atoms with van der Waals surface area (Å²) in [6, 6.07) is 13.4. The van der Waals surface area contributed by atoms with Gasteiger partial charge in [-0.05, 0) is 17.7 Å². The number of rotatable bonds is 1. The second-order valence-corrected chi connectivity index (χ2v) is 5.82. The van der Waals surface area contributed by atoms with E-state index in [1.807, 2.05) is 36.4 Å².